The first-order chi connectivity index (χ1) is 7.52. The molecule has 16 heavy (non-hydrogen) atoms. The molecule has 0 aromatic carbocycles. The van der Waals surface area contributed by atoms with E-state index in [1.54, 1.807) is 18.3 Å². The van der Waals surface area contributed by atoms with E-state index in [0.717, 1.165) is 19.4 Å². The summed E-state index contributed by atoms with van der Waals surface area (Å²) in [7, 11) is 0. The van der Waals surface area contributed by atoms with E-state index in [2.05, 4.69) is 18.8 Å². The van der Waals surface area contributed by atoms with Crippen molar-refractivity contribution in [2.75, 3.05) is 12.3 Å². The molecule has 0 radical (unpaired) electrons. The van der Waals surface area contributed by atoms with E-state index in [9.17, 15) is 4.79 Å². The molecule has 1 amide bonds. The Morgan fingerprint density at radius 1 is 1.56 bits per heavy atom. The first kappa shape index (κ1) is 10.9. The standard InChI is InChI=1S/C12H17N3O/c1-12(2)6-4-8-15(12)11(16)10-9(13)5-3-7-14-10/h3,5,7H,4,6,8,13H2,1-2H3. The summed E-state index contributed by atoms with van der Waals surface area (Å²) >= 11 is 0. The number of amides is 1. The van der Waals surface area contributed by atoms with Gasteiger partial charge in [-0.25, -0.2) is 4.98 Å². The van der Waals surface area contributed by atoms with Crippen molar-refractivity contribution in [3.8, 4) is 0 Å². The van der Waals surface area contributed by atoms with Gasteiger partial charge in [-0.1, -0.05) is 0 Å². The first-order valence-corrected chi connectivity index (χ1v) is 5.55. The number of nitrogen functional groups attached to an aromatic ring is 1. The molecule has 4 nitrogen and oxygen atoms in total. The topological polar surface area (TPSA) is 59.2 Å². The van der Waals surface area contributed by atoms with Gasteiger partial charge in [-0.05, 0) is 38.8 Å². The quantitative estimate of drug-likeness (QED) is 0.781. The number of nitrogens with zero attached hydrogens (tertiary/aromatic N) is 2. The largest absolute Gasteiger partial charge is 0.397 e. The second-order valence-corrected chi connectivity index (χ2v) is 4.81. The van der Waals surface area contributed by atoms with Crippen LogP contribution in [-0.2, 0) is 0 Å². The summed E-state index contributed by atoms with van der Waals surface area (Å²) in [6.07, 6.45) is 3.68. The van der Waals surface area contributed by atoms with Crippen LogP contribution in [0.3, 0.4) is 0 Å². The summed E-state index contributed by atoms with van der Waals surface area (Å²) in [5.74, 6) is -0.0550. The van der Waals surface area contributed by atoms with Crippen molar-refractivity contribution in [1.82, 2.24) is 9.88 Å². The maximum Gasteiger partial charge on any atom is 0.275 e. The molecular weight excluding hydrogens is 202 g/mol. The van der Waals surface area contributed by atoms with Crippen LogP contribution in [0.25, 0.3) is 0 Å². The number of carbonyl (C=O) groups excluding carboxylic acids is 1. The van der Waals surface area contributed by atoms with Gasteiger partial charge in [0.25, 0.3) is 5.91 Å². The minimum atomic E-state index is -0.0823. The summed E-state index contributed by atoms with van der Waals surface area (Å²) in [6.45, 7) is 4.95. The molecular formula is C12H17N3O. The second kappa shape index (κ2) is 3.77. The maximum atomic E-state index is 12.3. The normalized spacial score (nSPS) is 18.8. The van der Waals surface area contributed by atoms with Crippen LogP contribution < -0.4 is 5.73 Å². The van der Waals surface area contributed by atoms with Gasteiger partial charge in [0.2, 0.25) is 0 Å². The summed E-state index contributed by atoms with van der Waals surface area (Å²) in [5.41, 5.74) is 6.51. The number of likely N-dealkylation sites (tertiary alicyclic amines) is 1. The Bertz CT molecular complexity index is 414. The van der Waals surface area contributed by atoms with Gasteiger partial charge in [-0.15, -0.1) is 0 Å². The summed E-state index contributed by atoms with van der Waals surface area (Å²) in [6, 6.07) is 3.45. The molecule has 86 valence electrons. The zero-order chi connectivity index (χ0) is 11.8. The Hall–Kier alpha value is -1.58. The van der Waals surface area contributed by atoms with E-state index in [4.69, 9.17) is 5.73 Å². The van der Waals surface area contributed by atoms with Crippen molar-refractivity contribution in [3.63, 3.8) is 0 Å². The summed E-state index contributed by atoms with van der Waals surface area (Å²) in [4.78, 5) is 18.2. The average Bonchev–Trinajstić information content (AvgIpc) is 2.58. The molecule has 2 rings (SSSR count). The number of rotatable bonds is 1. The molecule has 0 unspecified atom stereocenters. The predicted octanol–water partition coefficient (Wildman–Crippen LogP) is 1.68. The molecule has 1 aliphatic rings. The number of carbonyl (C=O) groups is 1. The molecule has 2 heterocycles. The van der Waals surface area contributed by atoms with Crippen LogP contribution >= 0.6 is 0 Å². The molecule has 1 saturated heterocycles. The Labute approximate surface area is 95.5 Å². The number of hydrogen-bond donors (Lipinski definition) is 1. The van der Waals surface area contributed by atoms with Crippen molar-refractivity contribution >= 4 is 11.6 Å². The van der Waals surface area contributed by atoms with Gasteiger partial charge in [0, 0.05) is 18.3 Å². The molecule has 1 fully saturated rings. The van der Waals surface area contributed by atoms with Crippen LogP contribution in [0.4, 0.5) is 5.69 Å². The van der Waals surface area contributed by atoms with Crippen molar-refractivity contribution in [1.29, 1.82) is 0 Å². The van der Waals surface area contributed by atoms with Gasteiger partial charge in [-0.2, -0.15) is 0 Å². The maximum absolute atomic E-state index is 12.3. The van der Waals surface area contributed by atoms with Crippen LogP contribution in [0.1, 0.15) is 37.2 Å². The third kappa shape index (κ3) is 1.75. The zero-order valence-corrected chi connectivity index (χ0v) is 9.73. The number of hydrogen-bond acceptors (Lipinski definition) is 3. The summed E-state index contributed by atoms with van der Waals surface area (Å²) < 4.78 is 0. The molecule has 1 aromatic rings. The Kier molecular flexibility index (Phi) is 2.58. The summed E-state index contributed by atoms with van der Waals surface area (Å²) in [5, 5.41) is 0. The van der Waals surface area contributed by atoms with Crippen LogP contribution in [0.15, 0.2) is 18.3 Å². The Balaban J connectivity index is 2.30. The van der Waals surface area contributed by atoms with Gasteiger partial charge in [0.05, 0.1) is 5.69 Å². The van der Waals surface area contributed by atoms with Crippen molar-refractivity contribution < 1.29 is 4.79 Å². The lowest BCUT2D eigenvalue weighted by atomic mass is 10.0. The molecule has 1 aromatic heterocycles. The third-order valence-electron chi connectivity index (χ3n) is 3.19. The van der Waals surface area contributed by atoms with E-state index in [1.165, 1.54) is 0 Å². The van der Waals surface area contributed by atoms with Gasteiger partial charge < -0.3 is 10.6 Å². The number of nitrogens with two attached hydrogens (primary N) is 1. The van der Waals surface area contributed by atoms with Crippen LogP contribution in [0.5, 0.6) is 0 Å². The predicted molar refractivity (Wildman–Crippen MR) is 63.0 cm³/mol. The number of pyridine rings is 1. The highest BCUT2D eigenvalue weighted by Gasteiger charge is 2.36. The van der Waals surface area contributed by atoms with Crippen molar-refractivity contribution in [2.24, 2.45) is 0 Å². The van der Waals surface area contributed by atoms with Crippen LogP contribution in [-0.4, -0.2) is 27.9 Å². The number of aromatic nitrogens is 1. The number of anilines is 1. The first-order valence-electron chi connectivity index (χ1n) is 5.55. The monoisotopic (exact) mass is 219 g/mol. The fourth-order valence-corrected chi connectivity index (χ4v) is 2.21. The molecule has 0 spiro atoms. The second-order valence-electron chi connectivity index (χ2n) is 4.81. The molecule has 2 N–H and O–H groups in total. The van der Waals surface area contributed by atoms with E-state index >= 15 is 0 Å². The van der Waals surface area contributed by atoms with Crippen LogP contribution in [0, 0.1) is 0 Å². The fourth-order valence-electron chi connectivity index (χ4n) is 2.21. The van der Waals surface area contributed by atoms with E-state index < -0.39 is 0 Å². The third-order valence-corrected chi connectivity index (χ3v) is 3.19. The molecule has 0 atom stereocenters. The molecule has 0 bridgehead atoms. The lowest BCUT2D eigenvalue weighted by Gasteiger charge is -2.31. The van der Waals surface area contributed by atoms with Crippen LogP contribution in [0.2, 0.25) is 0 Å². The van der Waals surface area contributed by atoms with Gasteiger partial charge in [-0.3, -0.25) is 4.79 Å². The van der Waals surface area contributed by atoms with E-state index in [0.29, 0.717) is 11.4 Å². The van der Waals surface area contributed by atoms with Gasteiger partial charge in [0.15, 0.2) is 5.69 Å². The molecule has 0 aliphatic carbocycles. The minimum absolute atomic E-state index is 0.0550. The lowest BCUT2D eigenvalue weighted by Crippen LogP contribution is -2.43. The van der Waals surface area contributed by atoms with E-state index in [1.807, 2.05) is 4.90 Å². The molecule has 0 saturated carbocycles. The molecule has 4 heteroatoms. The van der Waals surface area contributed by atoms with Crippen molar-refractivity contribution in [2.45, 2.75) is 32.2 Å². The van der Waals surface area contributed by atoms with Gasteiger partial charge in [0.1, 0.15) is 0 Å². The Morgan fingerprint density at radius 2 is 2.31 bits per heavy atom. The smallest absolute Gasteiger partial charge is 0.275 e. The SMILES string of the molecule is CC1(C)CCCN1C(=O)c1ncccc1N. The Morgan fingerprint density at radius 3 is 2.88 bits per heavy atom. The highest BCUT2D eigenvalue weighted by Crippen LogP contribution is 2.30. The zero-order valence-electron chi connectivity index (χ0n) is 9.73. The van der Waals surface area contributed by atoms with E-state index in [-0.39, 0.29) is 11.4 Å². The fraction of sp³-hybridized carbons (Fsp3) is 0.500. The highest BCUT2D eigenvalue weighted by molar-refractivity contribution is 5.97. The van der Waals surface area contributed by atoms with Gasteiger partial charge >= 0.3 is 0 Å². The average molecular weight is 219 g/mol. The molecule has 1 aliphatic heterocycles. The highest BCUT2D eigenvalue weighted by atomic mass is 16.2. The lowest BCUT2D eigenvalue weighted by molar-refractivity contribution is 0.0647. The van der Waals surface area contributed by atoms with Crippen molar-refractivity contribution in [3.05, 3.63) is 24.0 Å². The minimum Gasteiger partial charge on any atom is -0.397 e.